The van der Waals surface area contributed by atoms with E-state index in [1.807, 2.05) is 19.9 Å². The van der Waals surface area contributed by atoms with Crippen molar-refractivity contribution < 1.29 is 4.39 Å². The topological polar surface area (TPSA) is 49.8 Å². The Labute approximate surface area is 122 Å². The summed E-state index contributed by atoms with van der Waals surface area (Å²) in [4.78, 5) is 8.36. The van der Waals surface area contributed by atoms with Gasteiger partial charge < -0.3 is 10.6 Å². The highest BCUT2D eigenvalue weighted by molar-refractivity contribution is 6.32. The number of halogens is 2. The monoisotopic (exact) mass is 294 g/mol. The molecule has 6 heteroatoms. The molecule has 0 radical (unpaired) electrons. The number of nitrogens with one attached hydrogen (secondary N) is 2. The highest BCUT2D eigenvalue weighted by Crippen LogP contribution is 2.24. The molecule has 1 atom stereocenters. The van der Waals surface area contributed by atoms with Crippen molar-refractivity contribution in [1.82, 2.24) is 9.97 Å². The molecule has 0 fully saturated rings. The molecule has 1 heterocycles. The molecule has 0 bridgehead atoms. The molecule has 1 aromatic carbocycles. The van der Waals surface area contributed by atoms with Crippen molar-refractivity contribution in [2.45, 2.75) is 19.9 Å². The first kappa shape index (κ1) is 14.5. The van der Waals surface area contributed by atoms with Crippen molar-refractivity contribution in [2.75, 3.05) is 17.2 Å². The molecule has 2 N–H and O–H groups in total. The Kier molecular flexibility index (Phi) is 4.74. The zero-order chi connectivity index (χ0) is 14.5. The number of nitrogens with zero attached hydrogens (tertiary/aromatic N) is 2. The first-order chi connectivity index (χ1) is 9.60. The van der Waals surface area contributed by atoms with E-state index in [4.69, 9.17) is 11.6 Å². The van der Waals surface area contributed by atoms with Gasteiger partial charge in [-0.1, -0.05) is 23.7 Å². The van der Waals surface area contributed by atoms with Gasteiger partial charge in [0, 0.05) is 6.54 Å². The van der Waals surface area contributed by atoms with Gasteiger partial charge in [-0.25, -0.2) is 9.37 Å². The molecular formula is C14H16ClFN4. The van der Waals surface area contributed by atoms with E-state index in [1.165, 1.54) is 18.3 Å². The maximum absolute atomic E-state index is 13.2. The Hall–Kier alpha value is -1.88. The zero-order valence-corrected chi connectivity index (χ0v) is 12.1. The molecule has 0 saturated heterocycles. The maximum Gasteiger partial charge on any atom is 0.224 e. The normalized spacial score (nSPS) is 12.0. The lowest BCUT2D eigenvalue weighted by Crippen LogP contribution is -2.11. The third kappa shape index (κ3) is 3.57. The van der Waals surface area contributed by atoms with E-state index in [1.54, 1.807) is 6.07 Å². The summed E-state index contributed by atoms with van der Waals surface area (Å²) in [6.07, 6.45) is 1.53. The number of anilines is 2. The molecule has 0 spiro atoms. The predicted octanol–water partition coefficient (Wildman–Crippen LogP) is 3.87. The van der Waals surface area contributed by atoms with Gasteiger partial charge in [0.15, 0.2) is 5.82 Å². The summed E-state index contributed by atoms with van der Waals surface area (Å²) in [5, 5.41) is 6.60. The minimum Gasteiger partial charge on any atom is -0.362 e. The molecular weight excluding hydrogens is 279 g/mol. The van der Waals surface area contributed by atoms with Crippen LogP contribution in [-0.2, 0) is 0 Å². The Morgan fingerprint density at radius 2 is 2.20 bits per heavy atom. The summed E-state index contributed by atoms with van der Waals surface area (Å²) in [5.74, 6) is 0.762. The van der Waals surface area contributed by atoms with Crippen LogP contribution in [0, 0.1) is 5.82 Å². The molecule has 1 unspecified atom stereocenters. The van der Waals surface area contributed by atoms with Gasteiger partial charge in [0.1, 0.15) is 10.8 Å². The van der Waals surface area contributed by atoms with Crippen LogP contribution in [0.4, 0.5) is 16.2 Å². The lowest BCUT2D eigenvalue weighted by Gasteiger charge is -2.16. The van der Waals surface area contributed by atoms with Gasteiger partial charge in [0.05, 0.1) is 12.2 Å². The lowest BCUT2D eigenvalue weighted by molar-refractivity contribution is 0.623. The van der Waals surface area contributed by atoms with Gasteiger partial charge >= 0.3 is 0 Å². The van der Waals surface area contributed by atoms with Crippen LogP contribution in [0.3, 0.4) is 0 Å². The van der Waals surface area contributed by atoms with Gasteiger partial charge in [-0.05, 0) is 31.5 Å². The zero-order valence-electron chi connectivity index (χ0n) is 11.3. The van der Waals surface area contributed by atoms with Crippen molar-refractivity contribution in [3.8, 4) is 0 Å². The molecule has 0 aliphatic carbocycles. The highest BCUT2D eigenvalue weighted by atomic mass is 35.5. The van der Waals surface area contributed by atoms with Gasteiger partial charge in [0.2, 0.25) is 5.95 Å². The Bertz CT molecular complexity index is 591. The molecule has 20 heavy (non-hydrogen) atoms. The van der Waals surface area contributed by atoms with Crippen LogP contribution in [0.1, 0.15) is 25.5 Å². The maximum atomic E-state index is 13.2. The Morgan fingerprint density at radius 1 is 1.40 bits per heavy atom. The average molecular weight is 295 g/mol. The third-order valence-electron chi connectivity index (χ3n) is 2.78. The Balaban J connectivity index is 2.18. The van der Waals surface area contributed by atoms with Gasteiger partial charge in [0.25, 0.3) is 0 Å². The van der Waals surface area contributed by atoms with Gasteiger partial charge in [-0.15, -0.1) is 0 Å². The van der Waals surface area contributed by atoms with Crippen LogP contribution in [-0.4, -0.2) is 16.5 Å². The second-order valence-corrected chi connectivity index (χ2v) is 4.75. The van der Waals surface area contributed by atoms with Crippen LogP contribution >= 0.6 is 11.6 Å². The lowest BCUT2D eigenvalue weighted by atomic mass is 10.1. The van der Waals surface area contributed by atoms with E-state index >= 15 is 0 Å². The number of hydrogen-bond donors (Lipinski definition) is 2. The first-order valence-corrected chi connectivity index (χ1v) is 6.76. The summed E-state index contributed by atoms with van der Waals surface area (Å²) in [7, 11) is 0. The molecule has 0 aliphatic rings. The van der Waals surface area contributed by atoms with E-state index in [-0.39, 0.29) is 11.9 Å². The summed E-state index contributed by atoms with van der Waals surface area (Å²) in [5.41, 5.74) is 0.824. The first-order valence-electron chi connectivity index (χ1n) is 6.38. The van der Waals surface area contributed by atoms with Crippen molar-refractivity contribution in [1.29, 1.82) is 0 Å². The molecule has 2 rings (SSSR count). The van der Waals surface area contributed by atoms with Crippen molar-refractivity contribution in [3.63, 3.8) is 0 Å². The minimum atomic E-state index is -0.265. The fourth-order valence-electron chi connectivity index (χ4n) is 1.78. The molecule has 0 amide bonds. The van der Waals surface area contributed by atoms with Crippen molar-refractivity contribution >= 4 is 23.4 Å². The van der Waals surface area contributed by atoms with Crippen LogP contribution in [0.2, 0.25) is 5.02 Å². The van der Waals surface area contributed by atoms with Crippen LogP contribution in [0.25, 0.3) is 0 Å². The second kappa shape index (κ2) is 6.52. The molecule has 0 aliphatic heterocycles. The van der Waals surface area contributed by atoms with E-state index in [9.17, 15) is 4.39 Å². The average Bonchev–Trinajstić information content (AvgIpc) is 2.43. The van der Waals surface area contributed by atoms with E-state index in [0.717, 1.165) is 12.1 Å². The standard InChI is InChI=1S/C14H16ClFN4/c1-3-17-14-18-8-12(15)13(20-14)19-9(2)10-5-4-6-11(16)7-10/h4-9H,3H2,1-2H3,(H2,17,18,19,20). The molecule has 2 aromatic rings. The van der Waals surface area contributed by atoms with Crippen LogP contribution < -0.4 is 10.6 Å². The molecule has 0 saturated carbocycles. The van der Waals surface area contributed by atoms with E-state index in [0.29, 0.717) is 16.8 Å². The van der Waals surface area contributed by atoms with Crippen LogP contribution in [0.5, 0.6) is 0 Å². The second-order valence-electron chi connectivity index (χ2n) is 4.34. The fourth-order valence-corrected chi connectivity index (χ4v) is 1.92. The summed E-state index contributed by atoms with van der Waals surface area (Å²) in [6, 6.07) is 6.30. The number of aromatic nitrogens is 2. The Morgan fingerprint density at radius 3 is 2.90 bits per heavy atom. The van der Waals surface area contributed by atoms with Crippen LogP contribution in [0.15, 0.2) is 30.5 Å². The van der Waals surface area contributed by atoms with Gasteiger partial charge in [-0.2, -0.15) is 4.98 Å². The predicted molar refractivity (Wildman–Crippen MR) is 79.6 cm³/mol. The quantitative estimate of drug-likeness (QED) is 0.879. The van der Waals surface area contributed by atoms with Crippen molar-refractivity contribution in [2.24, 2.45) is 0 Å². The van der Waals surface area contributed by atoms with E-state index in [2.05, 4.69) is 20.6 Å². The SMILES string of the molecule is CCNc1ncc(Cl)c(NC(C)c2cccc(F)c2)n1. The molecule has 106 valence electrons. The molecule has 1 aromatic heterocycles. The number of benzene rings is 1. The summed E-state index contributed by atoms with van der Waals surface area (Å²) >= 11 is 6.07. The fraction of sp³-hybridized carbons (Fsp3) is 0.286. The summed E-state index contributed by atoms with van der Waals surface area (Å²) in [6.45, 7) is 4.60. The van der Waals surface area contributed by atoms with Crippen molar-refractivity contribution in [3.05, 3.63) is 46.9 Å². The molecule has 4 nitrogen and oxygen atoms in total. The highest BCUT2D eigenvalue weighted by Gasteiger charge is 2.11. The number of rotatable bonds is 5. The smallest absolute Gasteiger partial charge is 0.224 e. The third-order valence-corrected chi connectivity index (χ3v) is 3.06. The van der Waals surface area contributed by atoms with E-state index < -0.39 is 0 Å². The summed E-state index contributed by atoms with van der Waals surface area (Å²) < 4.78 is 13.2. The minimum absolute atomic E-state index is 0.118. The van der Waals surface area contributed by atoms with Gasteiger partial charge in [-0.3, -0.25) is 0 Å². The largest absolute Gasteiger partial charge is 0.362 e. The number of hydrogen-bond acceptors (Lipinski definition) is 4.